The molecule has 0 N–H and O–H groups in total. The van der Waals surface area contributed by atoms with Crippen molar-refractivity contribution in [1.29, 1.82) is 0 Å². The molecule has 0 bridgehead atoms. The molecule has 1 atom stereocenters. The Kier molecular flexibility index (Phi) is 6.05. The third-order valence-electron chi connectivity index (χ3n) is 6.08. The van der Waals surface area contributed by atoms with Gasteiger partial charge in [0.05, 0.1) is 0 Å². The second kappa shape index (κ2) is 8.88. The van der Waals surface area contributed by atoms with Gasteiger partial charge in [0.1, 0.15) is 0 Å². The Morgan fingerprint density at radius 1 is 1.17 bits per heavy atom. The van der Waals surface area contributed by atoms with Crippen LogP contribution in [0.15, 0.2) is 60.8 Å². The van der Waals surface area contributed by atoms with E-state index in [4.69, 9.17) is 0 Å². The molecule has 1 unspecified atom stereocenters. The van der Waals surface area contributed by atoms with Crippen LogP contribution in [0, 0.1) is 5.92 Å². The second-order valence-corrected chi connectivity index (χ2v) is 8.69. The van der Waals surface area contributed by atoms with Crippen LogP contribution in [0.25, 0.3) is 17.0 Å². The number of nitrogens with zero attached hydrogens (tertiary/aromatic N) is 3. The monoisotopic (exact) mass is 401 g/mol. The highest BCUT2D eigenvalue weighted by atomic mass is 16.2. The maximum absolute atomic E-state index is 11.9. The summed E-state index contributed by atoms with van der Waals surface area (Å²) in [5.74, 6) is 0.696. The molecule has 0 radical (unpaired) electrons. The molecule has 156 valence electrons. The number of fused-ring (bicyclic) bond motifs is 1. The Bertz CT molecular complexity index is 1050. The van der Waals surface area contributed by atoms with E-state index in [0.29, 0.717) is 5.92 Å². The first-order valence-electron chi connectivity index (χ1n) is 10.7. The fraction of sp³-hybridized carbons (Fsp3) is 0.346. The average molecular weight is 402 g/mol. The molecule has 0 spiro atoms. The number of carbonyl (C=O) groups is 1. The molecule has 1 saturated heterocycles. The quantitative estimate of drug-likeness (QED) is 0.575. The van der Waals surface area contributed by atoms with E-state index in [1.54, 1.807) is 25.1 Å². The van der Waals surface area contributed by atoms with Crippen molar-refractivity contribution in [1.82, 2.24) is 14.4 Å². The molecule has 1 fully saturated rings. The Morgan fingerprint density at radius 3 is 2.73 bits per heavy atom. The van der Waals surface area contributed by atoms with Crippen LogP contribution >= 0.6 is 0 Å². The SMILES string of the molecule is CN(C)C(=O)C=Cc1ccc2c(c1)c(CC1CCN(Cc3ccccc3)C1)cn2C. The van der Waals surface area contributed by atoms with Crippen LogP contribution in [0.1, 0.15) is 23.1 Å². The zero-order valence-corrected chi connectivity index (χ0v) is 18.2. The van der Waals surface area contributed by atoms with Crippen LogP contribution in [0.3, 0.4) is 0 Å². The topological polar surface area (TPSA) is 28.5 Å². The van der Waals surface area contributed by atoms with Crippen LogP contribution in [-0.4, -0.2) is 47.5 Å². The maximum atomic E-state index is 11.9. The van der Waals surface area contributed by atoms with Crippen molar-refractivity contribution in [2.45, 2.75) is 19.4 Å². The molecule has 1 aliphatic rings. The van der Waals surface area contributed by atoms with E-state index >= 15 is 0 Å². The molecule has 1 aliphatic heterocycles. The lowest BCUT2D eigenvalue weighted by atomic mass is 9.97. The van der Waals surface area contributed by atoms with Gasteiger partial charge >= 0.3 is 0 Å². The lowest BCUT2D eigenvalue weighted by molar-refractivity contribution is -0.123. The molecular formula is C26H31N3O. The maximum Gasteiger partial charge on any atom is 0.246 e. The van der Waals surface area contributed by atoms with Crippen molar-refractivity contribution in [2.75, 3.05) is 27.2 Å². The molecule has 1 aromatic heterocycles. The Morgan fingerprint density at radius 2 is 1.97 bits per heavy atom. The summed E-state index contributed by atoms with van der Waals surface area (Å²) >= 11 is 0. The zero-order chi connectivity index (χ0) is 21.1. The minimum absolute atomic E-state index is 0.00726. The molecule has 4 nitrogen and oxygen atoms in total. The highest BCUT2D eigenvalue weighted by Crippen LogP contribution is 2.28. The van der Waals surface area contributed by atoms with Gasteiger partial charge in [-0.05, 0) is 60.2 Å². The average Bonchev–Trinajstić information content (AvgIpc) is 3.31. The molecule has 0 aliphatic carbocycles. The first-order chi connectivity index (χ1) is 14.5. The number of benzene rings is 2. The molecule has 4 rings (SSSR count). The molecule has 30 heavy (non-hydrogen) atoms. The van der Waals surface area contributed by atoms with Gasteiger partial charge in [-0.15, -0.1) is 0 Å². The summed E-state index contributed by atoms with van der Waals surface area (Å²) in [6.45, 7) is 3.37. The normalized spacial score (nSPS) is 17.2. The molecule has 2 aromatic carbocycles. The number of likely N-dealkylation sites (N-methyl/N-ethyl adjacent to an activating group) is 1. The summed E-state index contributed by atoms with van der Waals surface area (Å²) in [6, 6.07) is 17.2. The van der Waals surface area contributed by atoms with Gasteiger partial charge in [0.2, 0.25) is 5.91 Å². The van der Waals surface area contributed by atoms with Crippen molar-refractivity contribution in [2.24, 2.45) is 13.0 Å². The van der Waals surface area contributed by atoms with Crippen LogP contribution in [0.2, 0.25) is 0 Å². The first kappa shape index (κ1) is 20.4. The summed E-state index contributed by atoms with van der Waals surface area (Å²) in [5, 5.41) is 1.30. The summed E-state index contributed by atoms with van der Waals surface area (Å²) in [5.41, 5.74) is 5.13. The summed E-state index contributed by atoms with van der Waals surface area (Å²) in [7, 11) is 5.66. The largest absolute Gasteiger partial charge is 0.350 e. The third kappa shape index (κ3) is 4.65. The van der Waals surface area contributed by atoms with Crippen LogP contribution in [-0.2, 0) is 24.8 Å². The lowest BCUT2D eigenvalue weighted by Crippen LogP contribution is -2.20. The first-order valence-corrected chi connectivity index (χ1v) is 10.7. The number of aromatic nitrogens is 1. The standard InChI is InChI=1S/C26H31N3O/c1-27(2)26(30)12-10-20-9-11-25-24(16-20)23(19-28(25)3)15-22-13-14-29(18-22)17-21-7-5-4-6-8-21/h4-12,16,19,22H,13-15,17-18H2,1-3H3. The number of aryl methyl sites for hydroxylation is 1. The predicted octanol–water partition coefficient (Wildman–Crippen LogP) is 4.34. The summed E-state index contributed by atoms with van der Waals surface area (Å²) < 4.78 is 2.22. The number of hydrogen-bond acceptors (Lipinski definition) is 2. The molecule has 0 saturated carbocycles. The number of hydrogen-bond donors (Lipinski definition) is 0. The molecule has 1 amide bonds. The van der Waals surface area contributed by atoms with Crippen LogP contribution in [0.5, 0.6) is 0 Å². The number of rotatable bonds is 6. The van der Waals surface area contributed by atoms with Gasteiger partial charge in [0.15, 0.2) is 0 Å². The van der Waals surface area contributed by atoms with Gasteiger partial charge in [-0.25, -0.2) is 0 Å². The fourth-order valence-electron chi connectivity index (χ4n) is 4.45. The second-order valence-electron chi connectivity index (χ2n) is 8.69. The molecule has 3 aromatic rings. The molecule has 4 heteroatoms. The van der Waals surface area contributed by atoms with Crippen molar-refractivity contribution in [3.63, 3.8) is 0 Å². The van der Waals surface area contributed by atoms with Crippen molar-refractivity contribution >= 4 is 22.9 Å². The highest BCUT2D eigenvalue weighted by molar-refractivity contribution is 5.93. The van der Waals surface area contributed by atoms with E-state index in [9.17, 15) is 4.79 Å². The van der Waals surface area contributed by atoms with E-state index in [0.717, 1.165) is 25.1 Å². The van der Waals surface area contributed by atoms with Crippen molar-refractivity contribution in [3.05, 3.63) is 77.5 Å². The summed E-state index contributed by atoms with van der Waals surface area (Å²) in [4.78, 5) is 16.0. The van der Waals surface area contributed by atoms with E-state index < -0.39 is 0 Å². The summed E-state index contributed by atoms with van der Waals surface area (Å²) in [6.07, 6.45) is 8.19. The van der Waals surface area contributed by atoms with E-state index in [1.807, 2.05) is 6.08 Å². The van der Waals surface area contributed by atoms with Gasteiger partial charge in [-0.2, -0.15) is 0 Å². The van der Waals surface area contributed by atoms with Gasteiger partial charge in [0, 0.05) is 57.4 Å². The smallest absolute Gasteiger partial charge is 0.246 e. The number of carbonyl (C=O) groups excluding carboxylic acids is 1. The Labute approximate surface area is 179 Å². The zero-order valence-electron chi connectivity index (χ0n) is 18.2. The third-order valence-corrected chi connectivity index (χ3v) is 6.08. The van der Waals surface area contributed by atoms with E-state index in [2.05, 4.69) is 71.2 Å². The Hall–Kier alpha value is -2.85. The molecule has 2 heterocycles. The van der Waals surface area contributed by atoms with Gasteiger partial charge in [-0.1, -0.05) is 36.4 Å². The lowest BCUT2D eigenvalue weighted by Gasteiger charge is -2.16. The minimum Gasteiger partial charge on any atom is -0.350 e. The predicted molar refractivity (Wildman–Crippen MR) is 124 cm³/mol. The minimum atomic E-state index is 0.00726. The van der Waals surface area contributed by atoms with Crippen molar-refractivity contribution in [3.8, 4) is 0 Å². The van der Waals surface area contributed by atoms with Crippen molar-refractivity contribution < 1.29 is 4.79 Å². The van der Waals surface area contributed by atoms with Crippen LogP contribution < -0.4 is 0 Å². The fourth-order valence-corrected chi connectivity index (χ4v) is 4.45. The van der Waals surface area contributed by atoms with Gasteiger partial charge in [-0.3, -0.25) is 9.69 Å². The van der Waals surface area contributed by atoms with Crippen LogP contribution in [0.4, 0.5) is 0 Å². The van der Waals surface area contributed by atoms with E-state index in [1.165, 1.54) is 35.0 Å². The van der Waals surface area contributed by atoms with Gasteiger partial charge in [0.25, 0.3) is 0 Å². The van der Waals surface area contributed by atoms with E-state index in [-0.39, 0.29) is 5.91 Å². The Balaban J connectivity index is 1.47. The number of likely N-dealkylation sites (tertiary alicyclic amines) is 1. The highest BCUT2D eigenvalue weighted by Gasteiger charge is 2.23. The molecular weight excluding hydrogens is 370 g/mol. The van der Waals surface area contributed by atoms with Gasteiger partial charge < -0.3 is 9.47 Å². The number of amides is 1.